The number of aryl methyl sites for hydroxylation is 2. The Morgan fingerprint density at radius 2 is 1.90 bits per heavy atom. The van der Waals surface area contributed by atoms with Crippen molar-refractivity contribution >= 4 is 21.6 Å². The molecule has 0 spiro atoms. The Kier molecular flexibility index (Phi) is 5.10. The maximum absolute atomic E-state index is 12.3. The highest BCUT2D eigenvalue weighted by atomic mass is 35.5. The second-order valence-corrected chi connectivity index (χ2v) is 7.99. The van der Waals surface area contributed by atoms with E-state index < -0.39 is 10.0 Å². The highest BCUT2D eigenvalue weighted by molar-refractivity contribution is 7.89. The predicted molar refractivity (Wildman–Crippen MR) is 82.7 cm³/mol. The minimum absolute atomic E-state index is 0.0891. The topological polar surface area (TPSA) is 46.2 Å². The normalized spacial score (nSPS) is 23.8. The molecule has 1 aliphatic carbocycles. The number of halogens is 1. The summed E-state index contributed by atoms with van der Waals surface area (Å²) in [7, 11) is -3.43. The van der Waals surface area contributed by atoms with Crippen LogP contribution >= 0.6 is 11.6 Å². The van der Waals surface area contributed by atoms with Gasteiger partial charge in [0.2, 0.25) is 10.0 Å². The molecule has 0 heterocycles. The molecule has 3 nitrogen and oxygen atoms in total. The largest absolute Gasteiger partial charge is 0.240 e. The Morgan fingerprint density at radius 1 is 1.20 bits per heavy atom. The van der Waals surface area contributed by atoms with Gasteiger partial charge in [-0.15, -0.1) is 11.6 Å². The summed E-state index contributed by atoms with van der Waals surface area (Å²) in [5, 5.41) is 0.0891. The van der Waals surface area contributed by atoms with E-state index in [4.69, 9.17) is 11.6 Å². The molecule has 0 saturated heterocycles. The highest BCUT2D eigenvalue weighted by Gasteiger charge is 2.25. The third-order valence-electron chi connectivity index (χ3n) is 4.14. The first kappa shape index (κ1) is 15.8. The molecule has 0 amide bonds. The lowest BCUT2D eigenvalue weighted by molar-refractivity contribution is 0.364. The summed E-state index contributed by atoms with van der Waals surface area (Å²) in [6.45, 7) is 4.33. The number of hydrogen-bond donors (Lipinski definition) is 1. The maximum atomic E-state index is 12.3. The molecule has 0 aliphatic heterocycles. The summed E-state index contributed by atoms with van der Waals surface area (Å²) in [4.78, 5) is 0.336. The average Bonchev–Trinajstić information content (AvgIpc) is 2.41. The van der Waals surface area contributed by atoms with Gasteiger partial charge in [0, 0.05) is 11.9 Å². The molecule has 1 fully saturated rings. The third-order valence-corrected chi connectivity index (χ3v) is 6.14. The molecule has 1 aromatic rings. The zero-order valence-electron chi connectivity index (χ0n) is 12.0. The van der Waals surface area contributed by atoms with Crippen LogP contribution < -0.4 is 4.72 Å². The van der Waals surface area contributed by atoms with Crippen molar-refractivity contribution in [2.24, 2.45) is 5.92 Å². The Morgan fingerprint density at radius 3 is 2.55 bits per heavy atom. The molecule has 0 bridgehead atoms. The van der Waals surface area contributed by atoms with Crippen LogP contribution in [0.15, 0.2) is 23.1 Å². The fraction of sp³-hybridized carbons (Fsp3) is 0.600. The van der Waals surface area contributed by atoms with Gasteiger partial charge in [0.15, 0.2) is 0 Å². The Hall–Kier alpha value is -0.580. The minimum atomic E-state index is -3.43. The third kappa shape index (κ3) is 3.74. The average molecular weight is 316 g/mol. The quantitative estimate of drug-likeness (QED) is 0.866. The summed E-state index contributed by atoms with van der Waals surface area (Å²) in [5.41, 5.74) is 2.08. The van der Waals surface area contributed by atoms with Crippen molar-refractivity contribution in [1.82, 2.24) is 4.72 Å². The lowest BCUT2D eigenvalue weighted by Gasteiger charge is -2.27. The van der Waals surface area contributed by atoms with Gasteiger partial charge in [0.25, 0.3) is 0 Å². The number of benzene rings is 1. The number of sulfonamides is 1. The molecule has 1 N–H and O–H groups in total. The van der Waals surface area contributed by atoms with Crippen LogP contribution in [0, 0.1) is 19.8 Å². The van der Waals surface area contributed by atoms with Crippen LogP contribution in [-0.2, 0) is 10.0 Å². The molecule has 0 radical (unpaired) electrons. The summed E-state index contributed by atoms with van der Waals surface area (Å²) in [5.74, 6) is 0.242. The molecule has 1 aromatic carbocycles. The zero-order valence-corrected chi connectivity index (χ0v) is 13.6. The summed E-state index contributed by atoms with van der Waals surface area (Å²) >= 11 is 6.27. The van der Waals surface area contributed by atoms with Crippen LogP contribution in [0.2, 0.25) is 0 Å². The maximum Gasteiger partial charge on any atom is 0.240 e. The smallest absolute Gasteiger partial charge is 0.211 e. The van der Waals surface area contributed by atoms with E-state index in [0.717, 1.165) is 36.8 Å². The first-order valence-corrected chi connectivity index (χ1v) is 9.03. The van der Waals surface area contributed by atoms with Crippen molar-refractivity contribution in [2.45, 2.75) is 49.8 Å². The molecule has 112 valence electrons. The molecule has 0 aromatic heterocycles. The van der Waals surface area contributed by atoms with Gasteiger partial charge in [-0.05, 0) is 55.9 Å². The second kappa shape index (κ2) is 6.46. The van der Waals surface area contributed by atoms with E-state index in [1.54, 1.807) is 12.1 Å². The second-order valence-electron chi connectivity index (χ2n) is 5.66. The van der Waals surface area contributed by atoms with Crippen LogP contribution in [0.1, 0.15) is 36.8 Å². The lowest BCUT2D eigenvalue weighted by atomic mass is 9.89. The predicted octanol–water partition coefficient (Wildman–Crippen LogP) is 3.38. The molecule has 1 aliphatic rings. The number of hydrogen-bond acceptors (Lipinski definition) is 2. The van der Waals surface area contributed by atoms with Gasteiger partial charge in [0.05, 0.1) is 4.90 Å². The van der Waals surface area contributed by atoms with E-state index in [1.165, 1.54) is 0 Å². The van der Waals surface area contributed by atoms with Gasteiger partial charge in [0.1, 0.15) is 0 Å². The summed E-state index contributed by atoms with van der Waals surface area (Å²) in [6, 6.07) is 5.22. The molecule has 2 rings (SSSR count). The molecule has 2 unspecified atom stereocenters. The SMILES string of the molecule is Cc1ccc(S(=O)(=O)NCC2CCCCC2Cl)cc1C. The van der Waals surface area contributed by atoms with Crippen molar-refractivity contribution in [2.75, 3.05) is 6.54 Å². The van der Waals surface area contributed by atoms with E-state index >= 15 is 0 Å². The highest BCUT2D eigenvalue weighted by Crippen LogP contribution is 2.28. The van der Waals surface area contributed by atoms with Crippen molar-refractivity contribution in [3.05, 3.63) is 29.3 Å². The van der Waals surface area contributed by atoms with Crippen molar-refractivity contribution in [3.8, 4) is 0 Å². The van der Waals surface area contributed by atoms with Gasteiger partial charge in [-0.2, -0.15) is 0 Å². The van der Waals surface area contributed by atoms with E-state index in [0.29, 0.717) is 11.4 Å². The summed E-state index contributed by atoms with van der Waals surface area (Å²) in [6.07, 6.45) is 4.27. The van der Waals surface area contributed by atoms with Crippen molar-refractivity contribution in [3.63, 3.8) is 0 Å². The number of rotatable bonds is 4. The van der Waals surface area contributed by atoms with Gasteiger partial charge >= 0.3 is 0 Å². The van der Waals surface area contributed by atoms with Gasteiger partial charge in [-0.25, -0.2) is 13.1 Å². The van der Waals surface area contributed by atoms with Gasteiger partial charge in [-0.1, -0.05) is 18.9 Å². The Labute approximate surface area is 126 Å². The standard InChI is InChI=1S/C15H22ClNO2S/c1-11-7-8-14(9-12(11)2)20(18,19)17-10-13-5-3-4-6-15(13)16/h7-9,13,15,17H,3-6,10H2,1-2H3. The van der Waals surface area contributed by atoms with E-state index in [1.807, 2.05) is 19.9 Å². The van der Waals surface area contributed by atoms with Gasteiger partial charge < -0.3 is 0 Å². The van der Waals surface area contributed by atoms with E-state index in [9.17, 15) is 8.42 Å². The molecule has 2 atom stereocenters. The van der Waals surface area contributed by atoms with Crippen LogP contribution in [0.3, 0.4) is 0 Å². The van der Waals surface area contributed by atoms with E-state index in [-0.39, 0.29) is 11.3 Å². The molecular formula is C15H22ClNO2S. The molecule has 5 heteroatoms. The van der Waals surface area contributed by atoms with Crippen LogP contribution in [0.25, 0.3) is 0 Å². The molecular weight excluding hydrogens is 294 g/mol. The van der Waals surface area contributed by atoms with Crippen LogP contribution in [0.4, 0.5) is 0 Å². The van der Waals surface area contributed by atoms with Crippen LogP contribution in [0.5, 0.6) is 0 Å². The Balaban J connectivity index is 2.05. The van der Waals surface area contributed by atoms with Gasteiger partial charge in [-0.3, -0.25) is 0 Å². The molecule has 1 saturated carbocycles. The molecule has 20 heavy (non-hydrogen) atoms. The monoisotopic (exact) mass is 315 g/mol. The lowest BCUT2D eigenvalue weighted by Crippen LogP contribution is -2.34. The Bertz CT molecular complexity index is 571. The first-order chi connectivity index (χ1) is 9.40. The summed E-state index contributed by atoms with van der Waals surface area (Å²) < 4.78 is 27.3. The number of nitrogens with one attached hydrogen (secondary N) is 1. The zero-order chi connectivity index (χ0) is 14.8. The minimum Gasteiger partial charge on any atom is -0.211 e. The van der Waals surface area contributed by atoms with E-state index in [2.05, 4.69) is 4.72 Å². The fourth-order valence-corrected chi connectivity index (χ4v) is 4.12. The first-order valence-electron chi connectivity index (χ1n) is 7.11. The van der Waals surface area contributed by atoms with Crippen molar-refractivity contribution < 1.29 is 8.42 Å². The van der Waals surface area contributed by atoms with Crippen molar-refractivity contribution in [1.29, 1.82) is 0 Å². The fourth-order valence-electron chi connectivity index (χ4n) is 2.57. The number of alkyl halides is 1. The van der Waals surface area contributed by atoms with Crippen LogP contribution in [-0.4, -0.2) is 20.3 Å².